The lowest BCUT2D eigenvalue weighted by Crippen LogP contribution is -2.49. The third-order valence-corrected chi connectivity index (χ3v) is 14.7. The summed E-state index contributed by atoms with van der Waals surface area (Å²) in [6, 6.07) is 19.9. The second-order valence-electron chi connectivity index (χ2n) is 16.7. The fraction of sp³-hybridized carbons (Fsp3) is 0.522. The molecule has 1 unspecified atom stereocenters. The molecule has 3 aliphatic heterocycles. The fourth-order valence-corrected chi connectivity index (χ4v) is 12.0. The minimum atomic E-state index is -3.67. The number of benzene rings is 3. The highest BCUT2D eigenvalue weighted by Gasteiger charge is 2.67. The van der Waals surface area contributed by atoms with E-state index in [1.807, 2.05) is 74.5 Å². The van der Waals surface area contributed by atoms with Gasteiger partial charge >= 0.3 is 5.97 Å². The molecular formula is C46H61FN4O9Si. The van der Waals surface area contributed by atoms with E-state index >= 15 is 8.90 Å². The largest absolute Gasteiger partial charge is 0.494 e. The number of hydrogen-bond donors (Lipinski definition) is 3. The van der Waals surface area contributed by atoms with Gasteiger partial charge in [0.25, 0.3) is 5.91 Å². The van der Waals surface area contributed by atoms with E-state index in [-0.39, 0.29) is 69.4 Å². The number of nitrogens with zero attached hydrogens (tertiary/aromatic N) is 3. The minimum absolute atomic E-state index is 0.0535. The topological polar surface area (TPSA) is 158 Å². The van der Waals surface area contributed by atoms with Crippen molar-refractivity contribution in [3.63, 3.8) is 0 Å². The summed E-state index contributed by atoms with van der Waals surface area (Å²) in [5, 5.41) is 22.7. The van der Waals surface area contributed by atoms with Crippen molar-refractivity contribution in [3.8, 4) is 5.75 Å². The van der Waals surface area contributed by atoms with Gasteiger partial charge in [-0.2, -0.15) is 0 Å². The Morgan fingerprint density at radius 2 is 1.75 bits per heavy atom. The number of ether oxygens (including phenoxy) is 3. The number of fused-ring (bicyclic) bond motifs is 3. The third-order valence-electron chi connectivity index (χ3n) is 12.3. The van der Waals surface area contributed by atoms with E-state index in [2.05, 4.69) is 5.32 Å². The first-order valence-corrected chi connectivity index (χ1v) is 24.5. The van der Waals surface area contributed by atoms with Crippen LogP contribution in [0.5, 0.6) is 5.75 Å². The molecule has 0 radical (unpaired) electrons. The van der Waals surface area contributed by atoms with Crippen molar-refractivity contribution < 1.29 is 47.7 Å². The lowest BCUT2D eigenvalue weighted by Gasteiger charge is -2.36. The number of carbonyl (C=O) groups excluding carboxylic acids is 4. The van der Waals surface area contributed by atoms with Gasteiger partial charge in [-0.05, 0) is 106 Å². The molecule has 1 fully saturated rings. The smallest absolute Gasteiger partial charge is 0.305 e. The number of halogens is 1. The first kappa shape index (κ1) is 45.8. The Kier molecular flexibility index (Phi) is 15.0. The molecule has 0 bridgehead atoms. The number of hydrogen-bond acceptors (Lipinski definition) is 10. The van der Waals surface area contributed by atoms with Crippen LogP contribution < -0.4 is 19.9 Å². The molecule has 0 aliphatic carbocycles. The molecule has 13 nitrogen and oxygen atoms in total. The number of esters is 1. The quantitative estimate of drug-likeness (QED) is 0.0540. The zero-order valence-electron chi connectivity index (χ0n) is 36.0. The molecule has 3 N–H and O–H groups in total. The average Bonchev–Trinajstić information content (AvgIpc) is 3.66. The van der Waals surface area contributed by atoms with Gasteiger partial charge in [0, 0.05) is 55.4 Å². The highest BCUT2D eigenvalue weighted by Crippen LogP contribution is 2.61. The predicted octanol–water partition coefficient (Wildman–Crippen LogP) is 5.91. The lowest BCUT2D eigenvalue weighted by atomic mass is 9.82. The van der Waals surface area contributed by atoms with Crippen molar-refractivity contribution in [2.24, 2.45) is 5.92 Å². The molecule has 330 valence electrons. The van der Waals surface area contributed by atoms with Crippen LogP contribution in [0.2, 0.25) is 18.6 Å². The molecular weight excluding hydrogens is 800 g/mol. The number of nitrogens with one attached hydrogen (secondary N) is 1. The molecule has 3 aliphatic rings. The monoisotopic (exact) mass is 860 g/mol. The molecule has 1 saturated heterocycles. The predicted molar refractivity (Wildman–Crippen MR) is 233 cm³/mol. The summed E-state index contributed by atoms with van der Waals surface area (Å²) in [5.41, 5.74) is 1.51. The Hall–Kier alpha value is -4.67. The van der Waals surface area contributed by atoms with Gasteiger partial charge in [-0.15, -0.1) is 0 Å². The van der Waals surface area contributed by atoms with Crippen LogP contribution >= 0.6 is 0 Å². The highest BCUT2D eigenvalue weighted by molar-refractivity contribution is 6.72. The second-order valence-corrected chi connectivity index (χ2v) is 20.5. The van der Waals surface area contributed by atoms with Crippen molar-refractivity contribution in [2.45, 2.75) is 102 Å². The van der Waals surface area contributed by atoms with Crippen LogP contribution in [0.15, 0.2) is 66.7 Å². The van der Waals surface area contributed by atoms with Crippen LogP contribution in [0.3, 0.4) is 0 Å². The van der Waals surface area contributed by atoms with E-state index in [9.17, 15) is 24.6 Å². The van der Waals surface area contributed by atoms with Crippen molar-refractivity contribution in [1.82, 2.24) is 10.2 Å². The van der Waals surface area contributed by atoms with Crippen molar-refractivity contribution in [3.05, 3.63) is 83.4 Å². The van der Waals surface area contributed by atoms with Crippen molar-refractivity contribution in [1.29, 1.82) is 0 Å². The number of carbonyl (C=O) groups is 4. The Bertz CT molecular complexity index is 2030. The van der Waals surface area contributed by atoms with Gasteiger partial charge in [0.05, 0.1) is 50.3 Å². The Balaban J connectivity index is 1.42. The van der Waals surface area contributed by atoms with Crippen LogP contribution in [0, 0.1) is 5.92 Å². The molecule has 0 saturated carbocycles. The fourth-order valence-electron chi connectivity index (χ4n) is 9.48. The van der Waals surface area contributed by atoms with Gasteiger partial charge in [-0.25, -0.2) is 0 Å². The Labute approximate surface area is 359 Å². The number of aliphatic hydroxyl groups excluding tert-OH is 2. The summed E-state index contributed by atoms with van der Waals surface area (Å²) in [4.78, 5) is 60.7. The number of methoxy groups -OCH3 is 1. The Morgan fingerprint density at radius 3 is 2.44 bits per heavy atom. The highest BCUT2D eigenvalue weighted by atomic mass is 28.4. The summed E-state index contributed by atoms with van der Waals surface area (Å²) in [6.45, 7) is 8.25. The molecule has 3 aromatic carbocycles. The summed E-state index contributed by atoms with van der Waals surface area (Å²) in [5.74, 6) is -1.28. The van der Waals surface area contributed by atoms with Crippen LogP contribution in [-0.2, 0) is 47.2 Å². The van der Waals surface area contributed by atoms with E-state index in [1.165, 1.54) is 7.11 Å². The van der Waals surface area contributed by atoms with E-state index in [0.717, 1.165) is 11.1 Å². The van der Waals surface area contributed by atoms with Crippen LogP contribution in [0.1, 0.15) is 69.1 Å². The van der Waals surface area contributed by atoms with Gasteiger partial charge in [-0.1, -0.05) is 37.3 Å². The zero-order valence-corrected chi connectivity index (χ0v) is 37.0. The molecule has 15 heteroatoms. The van der Waals surface area contributed by atoms with Gasteiger partial charge < -0.3 is 43.6 Å². The van der Waals surface area contributed by atoms with Gasteiger partial charge in [0.2, 0.25) is 20.2 Å². The number of aliphatic hydroxyl groups is 2. The standard InChI is InChI=1S/C46H61FN4O9Si/c1-6-59-35-18-20-38-33(26-35)27-37(48-21-11-13-24-52)44(56)51(38)34-17-19-39-36(28-34)46(45(57)50(39)22-12-10-16-42(55)58-3)31(2)43(61(4,5)47)40(60-46)29-41(54)49(23-25-53)30-32-14-8-7-9-15-32/h7-9,14-15,17-20,26,28,31,37,40,43,48,52-53H,6,10-13,16,21-25,27,29-30H2,1-5H3/t31-,37?,40+,43-,46+/m0/s1. The van der Waals surface area contributed by atoms with Crippen LogP contribution in [-0.4, -0.2) is 106 Å². The van der Waals surface area contributed by atoms with Crippen molar-refractivity contribution >= 4 is 49.2 Å². The molecule has 3 amide bonds. The molecule has 3 aromatic rings. The van der Waals surface area contributed by atoms with E-state index < -0.39 is 37.6 Å². The first-order valence-electron chi connectivity index (χ1n) is 21.6. The van der Waals surface area contributed by atoms with E-state index in [1.54, 1.807) is 33.9 Å². The number of rotatable bonds is 20. The average molecular weight is 861 g/mol. The van der Waals surface area contributed by atoms with E-state index in [4.69, 9.17) is 14.2 Å². The number of unbranched alkanes of at least 4 members (excludes halogenated alkanes) is 2. The molecule has 1 spiro atoms. The maximum Gasteiger partial charge on any atom is 0.305 e. The summed E-state index contributed by atoms with van der Waals surface area (Å²) in [6.07, 6.45) is 1.66. The molecule has 3 heterocycles. The van der Waals surface area contributed by atoms with E-state index in [0.29, 0.717) is 73.6 Å². The van der Waals surface area contributed by atoms with Gasteiger partial charge in [-0.3, -0.25) is 24.1 Å². The second kappa shape index (κ2) is 20.0. The Morgan fingerprint density at radius 1 is 1.00 bits per heavy atom. The summed E-state index contributed by atoms with van der Waals surface area (Å²) >= 11 is 0. The molecule has 6 rings (SSSR count). The number of anilines is 3. The maximum atomic E-state index is 16.8. The third kappa shape index (κ3) is 9.70. The number of amides is 3. The summed E-state index contributed by atoms with van der Waals surface area (Å²) < 4.78 is 34.5. The lowest BCUT2D eigenvalue weighted by molar-refractivity contribution is -0.149. The summed E-state index contributed by atoms with van der Waals surface area (Å²) in [7, 11) is -2.34. The molecule has 0 aromatic heterocycles. The zero-order chi connectivity index (χ0) is 43.9. The van der Waals surface area contributed by atoms with Crippen molar-refractivity contribution in [2.75, 3.05) is 56.4 Å². The van der Waals surface area contributed by atoms with Gasteiger partial charge in [0.1, 0.15) is 5.75 Å². The normalized spacial score (nSPS) is 22.1. The van der Waals surface area contributed by atoms with Gasteiger partial charge in [0.15, 0.2) is 5.60 Å². The molecule has 61 heavy (non-hydrogen) atoms. The minimum Gasteiger partial charge on any atom is -0.494 e. The first-order chi connectivity index (χ1) is 29.3. The maximum absolute atomic E-state index is 16.8. The van der Waals surface area contributed by atoms with Crippen LogP contribution in [0.25, 0.3) is 0 Å². The SMILES string of the molecule is CCOc1ccc2c(c1)CC(NCCCCO)C(=O)N2c1ccc2c(c1)[C@@]1(O[C@H](CC(=O)N(CCO)Cc3ccccc3)[C@@H]([Si](C)(C)F)[C@@H]1C)C(=O)N2CCCCC(=O)OC. The molecule has 5 atom stereocenters. The van der Waals surface area contributed by atoms with Crippen LogP contribution in [0.4, 0.5) is 21.2 Å².